The van der Waals surface area contributed by atoms with E-state index in [2.05, 4.69) is 86.3 Å². The minimum Gasteiger partial charge on any atom is -0.457 e. The fraction of sp³-hybridized carbons (Fsp3) is 0.480. The first-order chi connectivity index (χ1) is 30.2. The van der Waals surface area contributed by atoms with Gasteiger partial charge in [-0.25, -0.2) is 4.98 Å². The van der Waals surface area contributed by atoms with Crippen molar-refractivity contribution in [2.45, 2.75) is 82.6 Å². The second-order valence-electron chi connectivity index (χ2n) is 18.1. The average Bonchev–Trinajstić information content (AvgIpc) is 3.93. The lowest BCUT2D eigenvalue weighted by molar-refractivity contribution is 0.0881. The zero-order valence-corrected chi connectivity index (χ0v) is 38.0. The molecule has 0 saturated carbocycles. The van der Waals surface area contributed by atoms with Gasteiger partial charge in [0, 0.05) is 90.5 Å². The molecule has 10 nitrogen and oxygen atoms in total. The average molecular weight is 880 g/mol. The van der Waals surface area contributed by atoms with Crippen molar-refractivity contribution in [3.8, 4) is 22.8 Å². The second kappa shape index (κ2) is 21.2. The van der Waals surface area contributed by atoms with Crippen LogP contribution in [0.2, 0.25) is 10.0 Å². The first-order valence-electron chi connectivity index (χ1n) is 22.7. The molecule has 8 rings (SSSR count). The van der Waals surface area contributed by atoms with Crippen LogP contribution < -0.4 is 15.4 Å². The third-order valence-corrected chi connectivity index (χ3v) is 13.9. The predicted octanol–water partition coefficient (Wildman–Crippen LogP) is 8.25. The first-order valence-corrected chi connectivity index (χ1v) is 23.5. The van der Waals surface area contributed by atoms with Crippen LogP contribution in [-0.4, -0.2) is 111 Å². The van der Waals surface area contributed by atoms with Gasteiger partial charge in [0.2, 0.25) is 0 Å². The van der Waals surface area contributed by atoms with E-state index in [1.807, 2.05) is 54.9 Å². The second-order valence-corrected chi connectivity index (χ2v) is 18.9. The Morgan fingerprint density at radius 2 is 1.68 bits per heavy atom. The number of halogens is 2. The molecule has 5 aromatic rings. The monoisotopic (exact) mass is 878 g/mol. The van der Waals surface area contributed by atoms with Gasteiger partial charge in [0.1, 0.15) is 17.3 Å². The summed E-state index contributed by atoms with van der Waals surface area (Å²) in [6, 6.07) is 29.0. The molecule has 3 N–H and O–H groups in total. The Morgan fingerprint density at radius 1 is 0.871 bits per heavy atom. The molecular formula is C50H64Cl2N8O2. The summed E-state index contributed by atoms with van der Waals surface area (Å²) in [5, 5.41) is 19.8. The van der Waals surface area contributed by atoms with Crippen LogP contribution in [0.4, 0.5) is 0 Å². The van der Waals surface area contributed by atoms with E-state index in [1.165, 1.54) is 18.4 Å². The molecule has 0 spiro atoms. The van der Waals surface area contributed by atoms with E-state index < -0.39 is 0 Å². The van der Waals surface area contributed by atoms with Gasteiger partial charge in [-0.1, -0.05) is 47.5 Å². The third-order valence-electron chi connectivity index (χ3n) is 13.4. The highest BCUT2D eigenvalue weighted by atomic mass is 35.5. The van der Waals surface area contributed by atoms with Gasteiger partial charge in [0.25, 0.3) is 0 Å². The summed E-state index contributed by atoms with van der Waals surface area (Å²) in [5.74, 6) is 3.01. The Kier molecular flexibility index (Phi) is 15.3. The zero-order valence-electron chi connectivity index (χ0n) is 36.5. The van der Waals surface area contributed by atoms with E-state index >= 15 is 0 Å². The predicted molar refractivity (Wildman–Crippen MR) is 251 cm³/mol. The Morgan fingerprint density at radius 3 is 2.45 bits per heavy atom. The van der Waals surface area contributed by atoms with Gasteiger partial charge in [-0.15, -0.1) is 0 Å². The van der Waals surface area contributed by atoms with Gasteiger partial charge in [0.15, 0.2) is 0 Å². The Balaban J connectivity index is 1.01. The number of ether oxygens (including phenoxy) is 1. The van der Waals surface area contributed by atoms with Crippen LogP contribution in [0.3, 0.4) is 0 Å². The molecule has 2 aromatic heterocycles. The molecule has 0 amide bonds. The quantitative estimate of drug-likeness (QED) is 0.115. The van der Waals surface area contributed by atoms with Crippen LogP contribution in [0.5, 0.6) is 11.5 Å². The SMILES string of the molecule is C[C@H]1CN[C@H](CO)CN[C@@]2(Cc3ccc(Cl)cc3)CCCN(C[C@@H](Cc3ccccn3)CCN1Cc1ccc(Cl)cc1Oc1ccc(-c3cnc(CN4CCCC4)n3C)cc1)C2. The molecule has 0 radical (unpaired) electrons. The molecule has 3 aliphatic rings. The molecule has 62 heavy (non-hydrogen) atoms. The lowest BCUT2D eigenvalue weighted by Gasteiger charge is -2.46. The van der Waals surface area contributed by atoms with Gasteiger partial charge in [0.05, 0.1) is 25.0 Å². The number of nitrogens with zero attached hydrogens (tertiary/aromatic N) is 6. The molecule has 330 valence electrons. The number of fused-ring (bicyclic) bond motifs is 2. The lowest BCUT2D eigenvalue weighted by atomic mass is 9.82. The van der Waals surface area contributed by atoms with E-state index in [-0.39, 0.29) is 24.2 Å². The Labute approximate surface area is 378 Å². The van der Waals surface area contributed by atoms with Crippen molar-refractivity contribution in [2.75, 3.05) is 59.0 Å². The Bertz CT molecular complexity index is 2160. The van der Waals surface area contributed by atoms with Crippen LogP contribution in [0, 0.1) is 5.92 Å². The molecule has 5 heterocycles. The number of pyridine rings is 1. The number of imidazole rings is 1. The molecule has 2 bridgehead atoms. The number of aliphatic hydroxyl groups is 1. The smallest absolute Gasteiger partial charge is 0.133 e. The number of rotatable bonds is 12. The standard InChI is InChI=1S/C50H64Cl2N8O2/c1-37-29-54-45(35-61)30-56-50(28-38-9-14-42(51)15-10-38)20-7-24-59(36-50)32-39(26-44-8-3-4-21-53-44)19-25-60(37)33-41-11-16-43(52)27-48(41)62-46-17-12-40(13-18-46)47-31-55-49(57(47)2)34-58-22-5-6-23-58/h3-4,8-18,21,27,31,37,39,45,54,56,61H,5-7,19-20,22-26,28-30,32-36H2,1-2H3/t37-,39+,45-,50+/m0/s1. The topological polar surface area (TPSA) is 93.9 Å². The normalized spacial score (nSPS) is 24.5. The van der Waals surface area contributed by atoms with E-state index in [4.69, 9.17) is 37.9 Å². The summed E-state index contributed by atoms with van der Waals surface area (Å²) in [5.41, 5.74) is 5.58. The highest BCUT2D eigenvalue weighted by Crippen LogP contribution is 2.33. The summed E-state index contributed by atoms with van der Waals surface area (Å²) < 4.78 is 8.88. The van der Waals surface area contributed by atoms with Crippen molar-refractivity contribution in [1.29, 1.82) is 0 Å². The minimum absolute atomic E-state index is 0.0565. The van der Waals surface area contributed by atoms with E-state index in [0.717, 1.165) is 129 Å². The van der Waals surface area contributed by atoms with E-state index in [9.17, 15) is 5.11 Å². The summed E-state index contributed by atoms with van der Waals surface area (Å²) in [6.45, 7) is 11.5. The van der Waals surface area contributed by atoms with Crippen LogP contribution in [0.1, 0.15) is 61.7 Å². The van der Waals surface area contributed by atoms with Crippen LogP contribution in [0.15, 0.2) is 97.3 Å². The van der Waals surface area contributed by atoms with Crippen molar-refractivity contribution in [3.05, 3.63) is 130 Å². The van der Waals surface area contributed by atoms with Gasteiger partial charge in [-0.2, -0.15) is 0 Å². The number of nitrogens with one attached hydrogen (secondary N) is 2. The summed E-state index contributed by atoms with van der Waals surface area (Å²) in [6.07, 6.45) is 11.5. The zero-order chi connectivity index (χ0) is 42.9. The van der Waals surface area contributed by atoms with Crippen molar-refractivity contribution in [2.24, 2.45) is 13.0 Å². The molecule has 1 unspecified atom stereocenters. The van der Waals surface area contributed by atoms with Crippen LogP contribution >= 0.6 is 23.2 Å². The Hall–Kier alpha value is -3.84. The fourth-order valence-electron chi connectivity index (χ4n) is 9.77. The molecule has 3 saturated heterocycles. The van der Waals surface area contributed by atoms with Gasteiger partial charge < -0.3 is 29.9 Å². The maximum absolute atomic E-state index is 10.7. The molecule has 3 aromatic carbocycles. The third kappa shape index (κ3) is 11.8. The number of aliphatic hydroxyl groups excluding tert-OH is 1. The minimum atomic E-state index is -0.112. The molecule has 3 aliphatic heterocycles. The molecule has 12 heteroatoms. The van der Waals surface area contributed by atoms with Crippen molar-refractivity contribution in [3.63, 3.8) is 0 Å². The molecular weight excluding hydrogens is 816 g/mol. The number of hydrogen-bond donors (Lipinski definition) is 3. The molecule has 5 atom stereocenters. The number of likely N-dealkylation sites (tertiary alicyclic amines) is 1. The van der Waals surface area contributed by atoms with Crippen LogP contribution in [0.25, 0.3) is 11.3 Å². The highest BCUT2D eigenvalue weighted by molar-refractivity contribution is 6.31. The highest BCUT2D eigenvalue weighted by Gasteiger charge is 2.37. The number of benzene rings is 3. The van der Waals surface area contributed by atoms with Crippen molar-refractivity contribution < 1.29 is 9.84 Å². The van der Waals surface area contributed by atoms with Gasteiger partial charge in [-0.05, 0) is 150 Å². The first kappa shape index (κ1) is 44.8. The molecule has 3 fully saturated rings. The summed E-state index contributed by atoms with van der Waals surface area (Å²) >= 11 is 13.0. The maximum Gasteiger partial charge on any atom is 0.133 e. The van der Waals surface area contributed by atoms with Crippen molar-refractivity contribution in [1.82, 2.24) is 39.9 Å². The van der Waals surface area contributed by atoms with E-state index in [0.29, 0.717) is 24.0 Å². The van der Waals surface area contributed by atoms with Gasteiger partial charge in [-0.3, -0.25) is 14.8 Å². The molecule has 0 aliphatic carbocycles. The largest absolute Gasteiger partial charge is 0.457 e. The number of aromatic nitrogens is 3. The fourth-order valence-corrected chi connectivity index (χ4v) is 10.1. The maximum atomic E-state index is 10.7. The van der Waals surface area contributed by atoms with Crippen LogP contribution in [-0.2, 0) is 33.0 Å². The number of piperidine rings is 1. The summed E-state index contributed by atoms with van der Waals surface area (Å²) in [4.78, 5) is 17.3. The summed E-state index contributed by atoms with van der Waals surface area (Å²) in [7, 11) is 2.11. The number of hydrogen-bond acceptors (Lipinski definition) is 9. The van der Waals surface area contributed by atoms with Crippen molar-refractivity contribution >= 4 is 23.2 Å². The van der Waals surface area contributed by atoms with E-state index in [1.54, 1.807) is 0 Å². The lowest BCUT2D eigenvalue weighted by Crippen LogP contribution is -2.61. The van der Waals surface area contributed by atoms with Gasteiger partial charge >= 0.3 is 0 Å².